The second-order valence-electron chi connectivity index (χ2n) is 7.50. The molecule has 0 aliphatic carbocycles. The van der Waals surface area contributed by atoms with Gasteiger partial charge in [-0.25, -0.2) is 9.78 Å². The minimum Gasteiger partial charge on any atom is -0.465 e. The van der Waals surface area contributed by atoms with Crippen molar-refractivity contribution in [3.05, 3.63) is 47.2 Å². The molecule has 142 valence electrons. The monoisotopic (exact) mass is 366 g/mol. The summed E-state index contributed by atoms with van der Waals surface area (Å²) in [7, 11) is 1.39. The van der Waals surface area contributed by atoms with Crippen molar-refractivity contribution in [1.29, 1.82) is 0 Å². The Labute approximate surface area is 160 Å². The average Bonchev–Trinajstić information content (AvgIpc) is 2.65. The van der Waals surface area contributed by atoms with Gasteiger partial charge in [-0.15, -0.1) is 0 Å². The van der Waals surface area contributed by atoms with Crippen LogP contribution in [0.15, 0.2) is 30.3 Å². The van der Waals surface area contributed by atoms with Gasteiger partial charge in [0.25, 0.3) is 0 Å². The standard InChI is InChI=1S/C22H26N2O3/c1-13(2)20-19(22(26)27-5)18(16-9-7-6-8-10-16)17-11-14(3)12-24(15(4)25)21(17)23-20/h6-10,13-14H,11-12H2,1-5H3. The predicted molar refractivity (Wildman–Crippen MR) is 106 cm³/mol. The maximum absolute atomic E-state index is 12.8. The Kier molecular flexibility index (Phi) is 5.31. The number of amides is 1. The minimum atomic E-state index is -0.388. The molecule has 1 amide bonds. The molecule has 1 unspecified atom stereocenters. The van der Waals surface area contributed by atoms with Gasteiger partial charge in [0.1, 0.15) is 5.82 Å². The number of nitrogens with zero attached hydrogens (tertiary/aromatic N) is 2. The molecule has 5 nitrogen and oxygen atoms in total. The molecule has 1 aromatic carbocycles. The van der Waals surface area contributed by atoms with Gasteiger partial charge in [-0.05, 0) is 23.8 Å². The number of aromatic nitrogens is 1. The van der Waals surface area contributed by atoms with Gasteiger partial charge >= 0.3 is 5.97 Å². The molecular weight excluding hydrogens is 340 g/mol. The highest BCUT2D eigenvalue weighted by Crippen LogP contribution is 2.41. The maximum atomic E-state index is 12.8. The lowest BCUT2D eigenvalue weighted by Crippen LogP contribution is -2.39. The number of rotatable bonds is 3. The molecule has 3 rings (SSSR count). The molecular formula is C22H26N2O3. The fraction of sp³-hybridized carbons (Fsp3) is 0.409. The molecule has 2 aromatic rings. The lowest BCUT2D eigenvalue weighted by atomic mass is 9.85. The summed E-state index contributed by atoms with van der Waals surface area (Å²) in [6.45, 7) is 8.31. The van der Waals surface area contributed by atoms with Gasteiger partial charge in [0.05, 0.1) is 18.4 Å². The van der Waals surface area contributed by atoms with Gasteiger partial charge < -0.3 is 4.74 Å². The molecule has 0 saturated heterocycles. The van der Waals surface area contributed by atoms with Crippen LogP contribution in [-0.2, 0) is 16.0 Å². The van der Waals surface area contributed by atoms with Crippen molar-refractivity contribution in [3.63, 3.8) is 0 Å². The van der Waals surface area contributed by atoms with Gasteiger partial charge in [0.15, 0.2) is 0 Å². The third kappa shape index (κ3) is 3.46. The Morgan fingerprint density at radius 2 is 1.89 bits per heavy atom. The first-order valence-corrected chi connectivity index (χ1v) is 9.33. The largest absolute Gasteiger partial charge is 0.465 e. The zero-order valence-electron chi connectivity index (χ0n) is 16.6. The molecule has 0 bridgehead atoms. The molecule has 0 fully saturated rings. The minimum absolute atomic E-state index is 0.0139. The van der Waals surface area contributed by atoms with Crippen molar-refractivity contribution in [2.75, 3.05) is 18.6 Å². The van der Waals surface area contributed by atoms with Crippen LogP contribution in [0.3, 0.4) is 0 Å². The molecule has 0 saturated carbocycles. The van der Waals surface area contributed by atoms with Crippen LogP contribution in [0.5, 0.6) is 0 Å². The molecule has 1 atom stereocenters. The van der Waals surface area contributed by atoms with Crippen LogP contribution in [0, 0.1) is 5.92 Å². The first-order valence-electron chi connectivity index (χ1n) is 9.33. The number of carbonyl (C=O) groups is 2. The summed E-state index contributed by atoms with van der Waals surface area (Å²) in [5.74, 6) is 0.548. The van der Waals surface area contributed by atoms with Crippen molar-refractivity contribution in [2.24, 2.45) is 5.92 Å². The summed E-state index contributed by atoms with van der Waals surface area (Å²) in [6.07, 6.45) is 0.763. The highest BCUT2D eigenvalue weighted by atomic mass is 16.5. The molecule has 0 radical (unpaired) electrons. The average molecular weight is 366 g/mol. The lowest BCUT2D eigenvalue weighted by Gasteiger charge is -2.34. The Hall–Kier alpha value is -2.69. The van der Waals surface area contributed by atoms with E-state index < -0.39 is 0 Å². The van der Waals surface area contributed by atoms with Crippen molar-refractivity contribution < 1.29 is 14.3 Å². The van der Waals surface area contributed by atoms with Crippen LogP contribution in [0.25, 0.3) is 11.1 Å². The number of anilines is 1. The Morgan fingerprint density at radius 1 is 1.22 bits per heavy atom. The Balaban J connectivity index is 2.43. The van der Waals surface area contributed by atoms with Crippen LogP contribution in [-0.4, -0.2) is 30.5 Å². The highest BCUT2D eigenvalue weighted by molar-refractivity contribution is 6.02. The van der Waals surface area contributed by atoms with E-state index in [4.69, 9.17) is 9.72 Å². The van der Waals surface area contributed by atoms with Crippen LogP contribution < -0.4 is 4.90 Å². The quantitative estimate of drug-likeness (QED) is 0.764. The van der Waals surface area contributed by atoms with E-state index in [2.05, 4.69) is 6.92 Å². The summed E-state index contributed by atoms with van der Waals surface area (Å²) in [4.78, 5) is 31.6. The number of pyridine rings is 1. The van der Waals surface area contributed by atoms with Gasteiger partial charge in [-0.2, -0.15) is 0 Å². The van der Waals surface area contributed by atoms with Crippen molar-refractivity contribution in [2.45, 2.75) is 40.0 Å². The molecule has 2 heterocycles. The van der Waals surface area contributed by atoms with Crippen LogP contribution in [0.4, 0.5) is 5.82 Å². The summed E-state index contributed by atoms with van der Waals surface area (Å²) >= 11 is 0. The van der Waals surface area contributed by atoms with E-state index in [9.17, 15) is 9.59 Å². The fourth-order valence-corrected chi connectivity index (χ4v) is 3.78. The second kappa shape index (κ2) is 7.51. The number of hydrogen-bond acceptors (Lipinski definition) is 4. The molecule has 1 aliphatic heterocycles. The normalized spacial score (nSPS) is 16.2. The number of carbonyl (C=O) groups excluding carboxylic acids is 2. The predicted octanol–water partition coefficient (Wildman–Crippen LogP) is 4.20. The van der Waals surface area contributed by atoms with Crippen LogP contribution in [0.2, 0.25) is 0 Å². The van der Waals surface area contributed by atoms with Crippen molar-refractivity contribution in [3.8, 4) is 11.1 Å². The summed E-state index contributed by atoms with van der Waals surface area (Å²) in [6, 6.07) is 9.83. The molecule has 1 aromatic heterocycles. The van der Waals surface area contributed by atoms with Crippen molar-refractivity contribution in [1.82, 2.24) is 4.98 Å². The topological polar surface area (TPSA) is 59.5 Å². The van der Waals surface area contributed by atoms with E-state index in [0.717, 1.165) is 23.1 Å². The number of hydrogen-bond donors (Lipinski definition) is 0. The summed E-state index contributed by atoms with van der Waals surface area (Å²) in [5, 5.41) is 0. The van der Waals surface area contributed by atoms with E-state index in [1.54, 1.807) is 11.8 Å². The smallest absolute Gasteiger partial charge is 0.340 e. The second-order valence-corrected chi connectivity index (χ2v) is 7.50. The van der Waals surface area contributed by atoms with Crippen molar-refractivity contribution >= 4 is 17.7 Å². The third-order valence-corrected chi connectivity index (χ3v) is 4.99. The van der Waals surface area contributed by atoms with Gasteiger partial charge in [0, 0.05) is 24.6 Å². The Bertz CT molecular complexity index is 875. The molecule has 27 heavy (non-hydrogen) atoms. The first kappa shape index (κ1) is 19.1. The van der Waals surface area contributed by atoms with E-state index >= 15 is 0 Å². The van der Waals surface area contributed by atoms with Crippen LogP contribution in [0.1, 0.15) is 55.2 Å². The van der Waals surface area contributed by atoms with E-state index in [1.165, 1.54) is 7.11 Å². The molecule has 5 heteroatoms. The SMILES string of the molecule is COC(=O)c1c(C(C)C)nc2c(c1-c1ccccc1)CC(C)CN2C(C)=O. The zero-order chi connectivity index (χ0) is 19.7. The Morgan fingerprint density at radius 3 is 2.44 bits per heavy atom. The summed E-state index contributed by atoms with van der Waals surface area (Å²) < 4.78 is 5.12. The van der Waals surface area contributed by atoms with Crippen LogP contribution >= 0.6 is 0 Å². The van der Waals surface area contributed by atoms with E-state index in [0.29, 0.717) is 23.6 Å². The number of benzene rings is 1. The number of methoxy groups -OCH3 is 1. The number of fused-ring (bicyclic) bond motifs is 1. The number of ether oxygens (including phenoxy) is 1. The molecule has 0 N–H and O–H groups in total. The van der Waals surface area contributed by atoms with E-state index in [1.807, 2.05) is 44.2 Å². The third-order valence-electron chi connectivity index (χ3n) is 4.99. The maximum Gasteiger partial charge on any atom is 0.340 e. The number of esters is 1. The van der Waals surface area contributed by atoms with Gasteiger partial charge in [-0.3, -0.25) is 9.69 Å². The van der Waals surface area contributed by atoms with E-state index in [-0.39, 0.29) is 23.7 Å². The fourth-order valence-electron chi connectivity index (χ4n) is 3.78. The lowest BCUT2D eigenvalue weighted by molar-refractivity contribution is -0.116. The summed E-state index contributed by atoms with van der Waals surface area (Å²) in [5.41, 5.74) is 3.90. The highest BCUT2D eigenvalue weighted by Gasteiger charge is 2.33. The molecule has 0 spiro atoms. The zero-order valence-corrected chi connectivity index (χ0v) is 16.6. The molecule has 1 aliphatic rings. The van der Waals surface area contributed by atoms with Gasteiger partial charge in [0.2, 0.25) is 5.91 Å². The van der Waals surface area contributed by atoms with Gasteiger partial charge in [-0.1, -0.05) is 51.1 Å². The first-order chi connectivity index (χ1) is 12.8.